The Bertz CT molecular complexity index is 623. The van der Waals surface area contributed by atoms with E-state index in [1.165, 1.54) is 16.3 Å². The van der Waals surface area contributed by atoms with Gasteiger partial charge in [0.2, 0.25) is 0 Å². The normalized spacial score (nSPS) is 12.8. The Balaban J connectivity index is 2.49. The topological polar surface area (TPSA) is 0 Å². The van der Waals surface area contributed by atoms with Gasteiger partial charge in [0.25, 0.3) is 0 Å². The second kappa shape index (κ2) is 5.82. The molecule has 98 valence electrons. The molecule has 0 saturated carbocycles. The molecule has 0 amide bonds. The first-order valence-corrected chi connectivity index (χ1v) is 10.6. The molecule has 0 aliphatic rings. The molecular weight excluding hydrogens is 268 g/mol. The van der Waals surface area contributed by atoms with Crippen LogP contribution >= 0.6 is 11.6 Å². The van der Waals surface area contributed by atoms with Crippen LogP contribution in [0.15, 0.2) is 42.5 Å². The summed E-state index contributed by atoms with van der Waals surface area (Å²) < 4.78 is 0. The van der Waals surface area contributed by atoms with Crippen LogP contribution in [0.4, 0.5) is 0 Å². The smallest absolute Gasteiger partial charge is 0.129 e. The molecule has 0 nitrogen and oxygen atoms in total. The summed E-state index contributed by atoms with van der Waals surface area (Å²) in [5.74, 6) is 4.07. The number of alkyl halides is 1. The Hall–Kier alpha value is -1.23. The predicted molar refractivity (Wildman–Crippen MR) is 88.5 cm³/mol. The third-order valence-corrected chi connectivity index (χ3v) is 4.18. The van der Waals surface area contributed by atoms with E-state index < -0.39 is 8.07 Å². The van der Waals surface area contributed by atoms with Crippen LogP contribution in [0.3, 0.4) is 0 Å². The number of benzene rings is 2. The van der Waals surface area contributed by atoms with Crippen LogP contribution in [-0.4, -0.2) is 14.0 Å². The van der Waals surface area contributed by atoms with Crippen molar-refractivity contribution in [1.82, 2.24) is 0 Å². The second-order valence-corrected chi connectivity index (χ2v) is 10.9. The van der Waals surface area contributed by atoms with Crippen LogP contribution in [0.5, 0.6) is 0 Å². The summed E-state index contributed by atoms with van der Waals surface area (Å²) in [5, 5.41) is 2.52. The second-order valence-electron chi connectivity index (χ2n) is 5.79. The van der Waals surface area contributed by atoms with Crippen molar-refractivity contribution in [3.8, 4) is 11.5 Å². The van der Waals surface area contributed by atoms with E-state index in [0.717, 1.165) is 0 Å². The molecule has 0 bridgehead atoms. The van der Waals surface area contributed by atoms with Crippen molar-refractivity contribution in [2.75, 3.05) is 5.88 Å². The summed E-state index contributed by atoms with van der Waals surface area (Å²) in [6, 6.07) is 14.8. The maximum absolute atomic E-state index is 6.14. The predicted octanol–water partition coefficient (Wildman–Crippen LogP) is 5.04. The van der Waals surface area contributed by atoms with E-state index in [1.807, 2.05) is 0 Å². The lowest BCUT2D eigenvalue weighted by Crippen LogP contribution is -2.17. The average molecular weight is 287 g/mol. The molecule has 0 spiro atoms. The highest BCUT2D eigenvalue weighted by molar-refractivity contribution is 6.83. The molecular formula is C17H19ClSi. The standard InChI is InChI=1S/C17H19ClSi/c1-19(2,3)12-11-15(13-18)17-10-6-8-14-7-4-5-9-16(14)17/h4-10,15H,13H2,1-3H3/t15-/m1/s1. The van der Waals surface area contributed by atoms with Gasteiger partial charge in [-0.15, -0.1) is 23.1 Å². The van der Waals surface area contributed by atoms with E-state index in [1.54, 1.807) is 0 Å². The number of hydrogen-bond donors (Lipinski definition) is 0. The Kier molecular flexibility index (Phi) is 4.34. The zero-order valence-electron chi connectivity index (χ0n) is 11.7. The molecule has 0 aromatic heterocycles. The summed E-state index contributed by atoms with van der Waals surface area (Å²) in [4.78, 5) is 0. The van der Waals surface area contributed by atoms with Gasteiger partial charge in [-0.25, -0.2) is 0 Å². The van der Waals surface area contributed by atoms with Crippen molar-refractivity contribution >= 4 is 30.4 Å². The highest BCUT2D eigenvalue weighted by atomic mass is 35.5. The molecule has 0 N–H and O–H groups in total. The lowest BCUT2D eigenvalue weighted by Gasteiger charge is -2.12. The van der Waals surface area contributed by atoms with Crippen molar-refractivity contribution in [3.63, 3.8) is 0 Å². The lowest BCUT2D eigenvalue weighted by molar-refractivity contribution is 1.03. The minimum atomic E-state index is -1.36. The molecule has 2 aromatic carbocycles. The van der Waals surface area contributed by atoms with E-state index >= 15 is 0 Å². The third kappa shape index (κ3) is 3.62. The molecule has 2 aromatic rings. The first kappa shape index (κ1) is 14.2. The molecule has 0 unspecified atom stereocenters. The van der Waals surface area contributed by atoms with Crippen LogP contribution < -0.4 is 0 Å². The number of fused-ring (bicyclic) bond motifs is 1. The number of rotatable bonds is 2. The Morgan fingerprint density at radius 1 is 1.05 bits per heavy atom. The number of hydrogen-bond acceptors (Lipinski definition) is 0. The quantitative estimate of drug-likeness (QED) is 0.412. The summed E-state index contributed by atoms with van der Waals surface area (Å²) in [6.07, 6.45) is 0. The highest BCUT2D eigenvalue weighted by Crippen LogP contribution is 2.26. The van der Waals surface area contributed by atoms with Crippen LogP contribution in [0.1, 0.15) is 11.5 Å². The number of halogens is 1. The molecule has 0 aliphatic carbocycles. The first-order valence-electron chi connectivity index (χ1n) is 6.57. The molecule has 19 heavy (non-hydrogen) atoms. The average Bonchev–Trinajstić information content (AvgIpc) is 2.38. The molecule has 2 heteroatoms. The zero-order valence-corrected chi connectivity index (χ0v) is 13.5. The molecule has 0 saturated heterocycles. The van der Waals surface area contributed by atoms with Gasteiger partial charge >= 0.3 is 0 Å². The molecule has 2 rings (SSSR count). The summed E-state index contributed by atoms with van der Waals surface area (Å²) in [6.45, 7) is 6.77. The lowest BCUT2D eigenvalue weighted by atomic mass is 9.95. The van der Waals surface area contributed by atoms with Crippen LogP contribution in [0.25, 0.3) is 10.8 Å². The van der Waals surface area contributed by atoms with Crippen LogP contribution in [0, 0.1) is 11.5 Å². The van der Waals surface area contributed by atoms with Crippen molar-refractivity contribution in [2.45, 2.75) is 25.6 Å². The van der Waals surface area contributed by atoms with E-state index in [2.05, 4.69) is 73.6 Å². The maximum Gasteiger partial charge on any atom is 0.129 e. The van der Waals surface area contributed by atoms with Crippen molar-refractivity contribution in [2.24, 2.45) is 0 Å². The third-order valence-electron chi connectivity index (χ3n) is 2.97. The Morgan fingerprint density at radius 3 is 2.42 bits per heavy atom. The fourth-order valence-corrected chi connectivity index (χ4v) is 2.91. The zero-order chi connectivity index (χ0) is 13.9. The summed E-state index contributed by atoms with van der Waals surface area (Å²) in [7, 11) is -1.36. The van der Waals surface area contributed by atoms with Crippen molar-refractivity contribution in [1.29, 1.82) is 0 Å². The monoisotopic (exact) mass is 286 g/mol. The first-order chi connectivity index (χ1) is 9.01. The van der Waals surface area contributed by atoms with E-state index in [0.29, 0.717) is 5.88 Å². The van der Waals surface area contributed by atoms with E-state index in [4.69, 9.17) is 11.6 Å². The van der Waals surface area contributed by atoms with Gasteiger partial charge in [0, 0.05) is 5.88 Å². The molecule has 0 fully saturated rings. The van der Waals surface area contributed by atoms with Gasteiger partial charge < -0.3 is 0 Å². The van der Waals surface area contributed by atoms with Gasteiger partial charge in [-0.1, -0.05) is 62.1 Å². The Morgan fingerprint density at radius 2 is 1.74 bits per heavy atom. The summed E-state index contributed by atoms with van der Waals surface area (Å²) in [5.41, 5.74) is 4.69. The summed E-state index contributed by atoms with van der Waals surface area (Å²) >= 11 is 6.14. The van der Waals surface area contributed by atoms with E-state index in [9.17, 15) is 0 Å². The van der Waals surface area contributed by atoms with Crippen molar-refractivity contribution < 1.29 is 0 Å². The minimum absolute atomic E-state index is 0.125. The molecule has 0 aliphatic heterocycles. The fourth-order valence-electron chi connectivity index (χ4n) is 2.06. The van der Waals surface area contributed by atoms with Crippen LogP contribution in [0.2, 0.25) is 19.6 Å². The van der Waals surface area contributed by atoms with Gasteiger partial charge in [-0.2, -0.15) is 0 Å². The van der Waals surface area contributed by atoms with Gasteiger partial charge in [-0.3, -0.25) is 0 Å². The van der Waals surface area contributed by atoms with Crippen LogP contribution in [-0.2, 0) is 0 Å². The van der Waals surface area contributed by atoms with Crippen molar-refractivity contribution in [3.05, 3.63) is 48.0 Å². The van der Waals surface area contributed by atoms with E-state index in [-0.39, 0.29) is 5.92 Å². The molecule has 0 radical (unpaired) electrons. The van der Waals surface area contributed by atoms with Gasteiger partial charge in [0.05, 0.1) is 5.92 Å². The molecule has 1 atom stereocenters. The fraction of sp³-hybridized carbons (Fsp3) is 0.294. The van der Waals surface area contributed by atoms with Gasteiger partial charge in [0.15, 0.2) is 0 Å². The highest BCUT2D eigenvalue weighted by Gasteiger charge is 2.13. The van der Waals surface area contributed by atoms with Gasteiger partial charge in [-0.05, 0) is 16.3 Å². The largest absolute Gasteiger partial charge is 0.131 e. The SMILES string of the molecule is C[Si](C)(C)C#C[C@H](CCl)c1cccc2ccccc12. The minimum Gasteiger partial charge on any atom is -0.131 e. The maximum atomic E-state index is 6.14. The molecule has 0 heterocycles. The van der Waals surface area contributed by atoms with Gasteiger partial charge in [0.1, 0.15) is 8.07 Å². The Labute approximate surface area is 121 Å².